The minimum Gasteiger partial charge on any atom is -0.481 e. The molecule has 1 atom stereocenters. The molecular weight excluding hydrogens is 288 g/mol. The molecule has 21 heavy (non-hydrogen) atoms. The number of carboxylic acid groups (broad SMARTS) is 1. The van der Waals surface area contributed by atoms with Crippen LogP contribution in [-0.2, 0) is 4.79 Å². The summed E-state index contributed by atoms with van der Waals surface area (Å²) < 4.78 is 0. The van der Waals surface area contributed by atoms with Crippen molar-refractivity contribution in [2.75, 3.05) is 11.9 Å². The Morgan fingerprint density at radius 1 is 1.43 bits per heavy atom. The van der Waals surface area contributed by atoms with Gasteiger partial charge >= 0.3 is 5.97 Å². The standard InChI is InChI=1S/C16H21ClN2O2/c1-2-3-12(4-7-16(20)21)8-9-19-15-6-5-14(17)10-13(15)11-18/h5-6,10,12,19H,2-4,7-9H2,1H3,(H,20,21). The SMILES string of the molecule is CCCC(CCNc1ccc(Cl)cc1C#N)CCC(=O)O. The van der Waals surface area contributed by atoms with Crippen LogP contribution < -0.4 is 5.32 Å². The molecule has 1 unspecified atom stereocenters. The number of nitriles is 1. The lowest BCUT2D eigenvalue weighted by Gasteiger charge is -2.16. The molecule has 0 aliphatic rings. The number of aliphatic carboxylic acids is 1. The van der Waals surface area contributed by atoms with Gasteiger partial charge in [0.2, 0.25) is 0 Å². The van der Waals surface area contributed by atoms with Gasteiger partial charge in [-0.25, -0.2) is 0 Å². The van der Waals surface area contributed by atoms with Crippen LogP contribution in [0.2, 0.25) is 5.02 Å². The molecule has 114 valence electrons. The minimum atomic E-state index is -0.742. The third-order valence-electron chi connectivity index (χ3n) is 3.43. The molecule has 0 spiro atoms. The highest BCUT2D eigenvalue weighted by Crippen LogP contribution is 2.22. The number of nitrogens with one attached hydrogen (secondary N) is 1. The van der Waals surface area contributed by atoms with Gasteiger partial charge in [0, 0.05) is 18.0 Å². The summed E-state index contributed by atoms with van der Waals surface area (Å²) in [6.07, 6.45) is 3.90. The predicted molar refractivity (Wildman–Crippen MR) is 84.5 cm³/mol. The third kappa shape index (κ3) is 6.50. The molecule has 0 amide bonds. The van der Waals surface area contributed by atoms with Crippen molar-refractivity contribution in [3.8, 4) is 6.07 Å². The topological polar surface area (TPSA) is 73.1 Å². The number of hydrogen-bond donors (Lipinski definition) is 2. The van der Waals surface area contributed by atoms with E-state index in [0.717, 1.165) is 31.5 Å². The van der Waals surface area contributed by atoms with Crippen LogP contribution in [0.15, 0.2) is 18.2 Å². The summed E-state index contributed by atoms with van der Waals surface area (Å²) in [4.78, 5) is 10.7. The van der Waals surface area contributed by atoms with Crippen LogP contribution >= 0.6 is 11.6 Å². The zero-order chi connectivity index (χ0) is 15.7. The van der Waals surface area contributed by atoms with Gasteiger partial charge in [-0.05, 0) is 37.0 Å². The summed E-state index contributed by atoms with van der Waals surface area (Å²) in [5, 5.41) is 21.6. The van der Waals surface area contributed by atoms with Crippen molar-refractivity contribution in [1.82, 2.24) is 0 Å². The molecule has 0 heterocycles. The minimum absolute atomic E-state index is 0.217. The molecule has 0 bridgehead atoms. The summed E-state index contributed by atoms with van der Waals surface area (Å²) in [5.74, 6) is -0.343. The molecule has 5 heteroatoms. The Hall–Kier alpha value is -1.73. The quantitative estimate of drug-likeness (QED) is 0.713. The highest BCUT2D eigenvalue weighted by atomic mass is 35.5. The van der Waals surface area contributed by atoms with Gasteiger partial charge in [-0.1, -0.05) is 31.4 Å². The van der Waals surface area contributed by atoms with Crippen molar-refractivity contribution in [2.24, 2.45) is 5.92 Å². The van der Waals surface area contributed by atoms with E-state index in [1.165, 1.54) is 0 Å². The van der Waals surface area contributed by atoms with E-state index in [0.29, 0.717) is 22.9 Å². The van der Waals surface area contributed by atoms with Gasteiger partial charge in [0.1, 0.15) is 6.07 Å². The van der Waals surface area contributed by atoms with E-state index in [9.17, 15) is 4.79 Å². The first-order valence-electron chi connectivity index (χ1n) is 7.22. The van der Waals surface area contributed by atoms with Gasteiger partial charge < -0.3 is 10.4 Å². The molecule has 2 N–H and O–H groups in total. The van der Waals surface area contributed by atoms with E-state index < -0.39 is 5.97 Å². The van der Waals surface area contributed by atoms with E-state index >= 15 is 0 Å². The molecule has 0 aliphatic carbocycles. The first kappa shape index (κ1) is 17.3. The molecule has 0 saturated carbocycles. The molecule has 4 nitrogen and oxygen atoms in total. The average Bonchev–Trinajstić information content (AvgIpc) is 2.46. The van der Waals surface area contributed by atoms with Crippen molar-refractivity contribution in [3.63, 3.8) is 0 Å². The number of carbonyl (C=O) groups is 1. The van der Waals surface area contributed by atoms with Crippen LogP contribution in [-0.4, -0.2) is 17.6 Å². The second kappa shape index (κ2) is 9.25. The number of hydrogen-bond acceptors (Lipinski definition) is 3. The number of rotatable bonds is 9. The monoisotopic (exact) mass is 308 g/mol. The molecule has 0 aliphatic heterocycles. The molecule has 1 aromatic rings. The van der Waals surface area contributed by atoms with Gasteiger partial charge in [0.05, 0.1) is 11.3 Å². The van der Waals surface area contributed by atoms with Crippen LogP contribution in [0, 0.1) is 17.2 Å². The van der Waals surface area contributed by atoms with Crippen LogP contribution in [0.3, 0.4) is 0 Å². The van der Waals surface area contributed by atoms with Crippen LogP contribution in [0.4, 0.5) is 5.69 Å². The molecule has 0 saturated heterocycles. The second-order valence-corrected chi connectivity index (χ2v) is 5.54. The molecule has 1 aromatic carbocycles. The second-order valence-electron chi connectivity index (χ2n) is 5.10. The number of halogens is 1. The zero-order valence-corrected chi connectivity index (χ0v) is 13.0. The van der Waals surface area contributed by atoms with Gasteiger partial charge in [-0.15, -0.1) is 0 Å². The van der Waals surface area contributed by atoms with Crippen molar-refractivity contribution in [1.29, 1.82) is 5.26 Å². The zero-order valence-electron chi connectivity index (χ0n) is 12.2. The Kier molecular flexibility index (Phi) is 7.63. The maximum absolute atomic E-state index is 10.7. The van der Waals surface area contributed by atoms with Crippen molar-refractivity contribution in [2.45, 2.75) is 39.0 Å². The Morgan fingerprint density at radius 3 is 2.81 bits per heavy atom. The Balaban J connectivity index is 2.50. The summed E-state index contributed by atoms with van der Waals surface area (Å²) in [7, 11) is 0. The first-order valence-corrected chi connectivity index (χ1v) is 7.60. The number of nitrogens with zero attached hydrogens (tertiary/aromatic N) is 1. The lowest BCUT2D eigenvalue weighted by molar-refractivity contribution is -0.137. The highest BCUT2D eigenvalue weighted by Gasteiger charge is 2.10. The maximum atomic E-state index is 10.7. The average molecular weight is 309 g/mol. The van der Waals surface area contributed by atoms with E-state index in [4.69, 9.17) is 22.0 Å². The van der Waals surface area contributed by atoms with Crippen molar-refractivity contribution >= 4 is 23.3 Å². The van der Waals surface area contributed by atoms with Crippen molar-refractivity contribution in [3.05, 3.63) is 28.8 Å². The predicted octanol–water partition coefficient (Wildman–Crippen LogP) is 4.29. The first-order chi connectivity index (χ1) is 10.1. The fourth-order valence-corrected chi connectivity index (χ4v) is 2.52. The fraction of sp³-hybridized carbons (Fsp3) is 0.500. The lowest BCUT2D eigenvalue weighted by atomic mass is 9.94. The van der Waals surface area contributed by atoms with Crippen molar-refractivity contribution < 1.29 is 9.90 Å². The number of benzene rings is 1. The largest absolute Gasteiger partial charge is 0.481 e. The third-order valence-corrected chi connectivity index (χ3v) is 3.67. The Morgan fingerprint density at radius 2 is 2.19 bits per heavy atom. The van der Waals surface area contributed by atoms with E-state index in [-0.39, 0.29) is 6.42 Å². The van der Waals surface area contributed by atoms with Crippen LogP contribution in [0.1, 0.15) is 44.6 Å². The van der Waals surface area contributed by atoms with E-state index in [2.05, 4.69) is 18.3 Å². The lowest BCUT2D eigenvalue weighted by Crippen LogP contribution is -2.11. The van der Waals surface area contributed by atoms with Gasteiger partial charge in [-0.2, -0.15) is 5.26 Å². The normalized spacial score (nSPS) is 11.7. The summed E-state index contributed by atoms with van der Waals surface area (Å²) >= 11 is 5.86. The molecular formula is C16H21ClN2O2. The molecule has 0 fully saturated rings. The Labute approximate surface area is 130 Å². The maximum Gasteiger partial charge on any atom is 0.303 e. The summed E-state index contributed by atoms with van der Waals surface area (Å²) in [6.45, 7) is 2.83. The summed E-state index contributed by atoms with van der Waals surface area (Å²) in [5.41, 5.74) is 1.30. The highest BCUT2D eigenvalue weighted by molar-refractivity contribution is 6.30. The summed E-state index contributed by atoms with van der Waals surface area (Å²) in [6, 6.07) is 7.30. The van der Waals surface area contributed by atoms with Crippen LogP contribution in [0.25, 0.3) is 0 Å². The van der Waals surface area contributed by atoms with Gasteiger partial charge in [0.25, 0.3) is 0 Å². The smallest absolute Gasteiger partial charge is 0.303 e. The fourth-order valence-electron chi connectivity index (χ4n) is 2.34. The van der Waals surface area contributed by atoms with E-state index in [1.807, 2.05) is 0 Å². The molecule has 1 rings (SSSR count). The molecule has 0 radical (unpaired) electrons. The number of carboxylic acids is 1. The Bertz CT molecular complexity index is 511. The van der Waals surface area contributed by atoms with E-state index in [1.54, 1.807) is 18.2 Å². The van der Waals surface area contributed by atoms with Gasteiger partial charge in [-0.3, -0.25) is 4.79 Å². The van der Waals surface area contributed by atoms with Crippen LogP contribution in [0.5, 0.6) is 0 Å². The van der Waals surface area contributed by atoms with Gasteiger partial charge in [0.15, 0.2) is 0 Å². The molecule has 0 aromatic heterocycles. The number of anilines is 1.